The minimum atomic E-state index is -0.554. The van der Waals surface area contributed by atoms with Gasteiger partial charge < -0.3 is 30.3 Å². The third kappa shape index (κ3) is 5.37. The molecule has 0 radical (unpaired) electrons. The van der Waals surface area contributed by atoms with Crippen LogP contribution >= 0.6 is 11.3 Å². The first-order chi connectivity index (χ1) is 20.9. The van der Waals surface area contributed by atoms with E-state index in [0.29, 0.717) is 28.3 Å². The van der Waals surface area contributed by atoms with Gasteiger partial charge in [0.25, 0.3) is 0 Å². The average Bonchev–Trinajstić information content (AvgIpc) is 3.68. The Morgan fingerprint density at radius 1 is 1.05 bits per heavy atom. The van der Waals surface area contributed by atoms with Crippen LogP contribution in [0.2, 0.25) is 0 Å². The Morgan fingerprint density at radius 3 is 2.56 bits per heavy atom. The van der Waals surface area contributed by atoms with Crippen LogP contribution in [0.15, 0.2) is 16.7 Å². The first kappa shape index (κ1) is 28.5. The van der Waals surface area contributed by atoms with Gasteiger partial charge in [-0.05, 0) is 65.2 Å². The molecule has 3 aliphatic heterocycles. The molecule has 0 bridgehead atoms. The van der Waals surface area contributed by atoms with Gasteiger partial charge in [0.1, 0.15) is 22.6 Å². The van der Waals surface area contributed by atoms with Crippen molar-refractivity contribution < 1.29 is 4.52 Å². The van der Waals surface area contributed by atoms with E-state index in [9.17, 15) is 5.26 Å². The molecule has 1 atom stereocenters. The van der Waals surface area contributed by atoms with E-state index >= 15 is 0 Å². The van der Waals surface area contributed by atoms with Crippen LogP contribution in [0, 0.1) is 11.3 Å². The lowest BCUT2D eigenvalue weighted by atomic mass is 9.72. The highest BCUT2D eigenvalue weighted by molar-refractivity contribution is 7.16. The van der Waals surface area contributed by atoms with E-state index < -0.39 is 5.41 Å². The molecule has 0 amide bonds. The third-order valence-electron chi connectivity index (χ3n) is 10.0. The summed E-state index contributed by atoms with van der Waals surface area (Å²) in [6.45, 7) is 12.3. The number of likely N-dealkylation sites (tertiary alicyclic amines) is 1. The molecule has 0 aromatic carbocycles. The summed E-state index contributed by atoms with van der Waals surface area (Å²) in [6.07, 6.45) is 5.24. The minimum absolute atomic E-state index is 0.494. The van der Waals surface area contributed by atoms with Crippen LogP contribution in [0.4, 0.5) is 16.5 Å². The average molecular weight is 603 g/mol. The van der Waals surface area contributed by atoms with E-state index in [0.717, 1.165) is 99.3 Å². The Labute approximate surface area is 257 Å². The number of hydrogen-bond donors (Lipinski definition) is 2. The van der Waals surface area contributed by atoms with Gasteiger partial charge in [-0.2, -0.15) is 10.2 Å². The smallest absolute Gasteiger partial charge is 0.237 e. The van der Waals surface area contributed by atoms with E-state index in [1.807, 2.05) is 0 Å². The largest absolute Gasteiger partial charge is 0.389 e. The number of pyridine rings is 1. The highest BCUT2D eigenvalue weighted by Gasteiger charge is 2.43. The van der Waals surface area contributed by atoms with Gasteiger partial charge in [-0.15, -0.1) is 11.3 Å². The first-order valence-electron chi connectivity index (χ1n) is 15.7. The Balaban J connectivity index is 1.18. The number of nitriles is 1. The molecular weight excluding hydrogens is 560 g/mol. The molecule has 3 saturated heterocycles. The zero-order chi connectivity index (χ0) is 29.6. The summed E-state index contributed by atoms with van der Waals surface area (Å²) in [4.78, 5) is 21.2. The van der Waals surface area contributed by atoms with Crippen molar-refractivity contribution in [3.63, 3.8) is 0 Å². The lowest BCUT2D eigenvalue weighted by molar-refractivity contribution is 0.115. The van der Waals surface area contributed by atoms with Crippen molar-refractivity contribution in [2.75, 3.05) is 88.0 Å². The summed E-state index contributed by atoms with van der Waals surface area (Å²) in [7, 11) is 2.23. The molecule has 1 unspecified atom stereocenters. The number of rotatable bonds is 5. The number of fused-ring (bicyclic) bond motifs is 1. The lowest BCUT2D eigenvalue weighted by Crippen LogP contribution is -2.53. The van der Waals surface area contributed by atoms with Gasteiger partial charge in [0.15, 0.2) is 0 Å². The van der Waals surface area contributed by atoms with Crippen molar-refractivity contribution in [2.45, 2.75) is 50.5 Å². The van der Waals surface area contributed by atoms with Crippen molar-refractivity contribution in [3.8, 4) is 17.6 Å². The van der Waals surface area contributed by atoms with E-state index in [2.05, 4.69) is 62.2 Å². The normalized spacial score (nSPS) is 24.2. The van der Waals surface area contributed by atoms with Gasteiger partial charge in [0.05, 0.1) is 11.0 Å². The van der Waals surface area contributed by atoms with Crippen LogP contribution < -0.4 is 20.9 Å². The highest BCUT2D eigenvalue weighted by atomic mass is 32.1. The second kappa shape index (κ2) is 11.7. The molecule has 3 aromatic rings. The fourth-order valence-electron chi connectivity index (χ4n) is 7.42. The molecule has 6 heterocycles. The maximum atomic E-state index is 9.92. The van der Waals surface area contributed by atoms with Crippen molar-refractivity contribution in [3.05, 3.63) is 34.0 Å². The molecule has 12 heteroatoms. The Hall–Kier alpha value is -3.24. The molecule has 228 valence electrons. The predicted molar refractivity (Wildman–Crippen MR) is 170 cm³/mol. The molecule has 4 aliphatic rings. The van der Waals surface area contributed by atoms with Gasteiger partial charge in [0.2, 0.25) is 11.7 Å². The summed E-state index contributed by atoms with van der Waals surface area (Å²) in [5, 5.41) is 18.4. The monoisotopic (exact) mass is 602 g/mol. The molecule has 3 fully saturated rings. The number of aromatic nitrogens is 3. The Morgan fingerprint density at radius 2 is 1.81 bits per heavy atom. The van der Waals surface area contributed by atoms with E-state index in [4.69, 9.17) is 20.2 Å². The quantitative estimate of drug-likeness (QED) is 0.448. The van der Waals surface area contributed by atoms with Crippen molar-refractivity contribution in [1.29, 1.82) is 5.26 Å². The summed E-state index contributed by atoms with van der Waals surface area (Å²) >= 11 is 1.52. The molecule has 11 nitrogen and oxygen atoms in total. The molecule has 0 spiro atoms. The van der Waals surface area contributed by atoms with Crippen molar-refractivity contribution in [1.82, 2.24) is 30.2 Å². The summed E-state index contributed by atoms with van der Waals surface area (Å²) in [5.41, 5.74) is 9.10. The fourth-order valence-corrected chi connectivity index (χ4v) is 8.61. The van der Waals surface area contributed by atoms with Crippen molar-refractivity contribution in [2.24, 2.45) is 0 Å². The number of aryl methyl sites for hydroxylation is 1. The van der Waals surface area contributed by atoms with Gasteiger partial charge >= 0.3 is 0 Å². The van der Waals surface area contributed by atoms with Crippen LogP contribution in [-0.2, 0) is 11.8 Å². The number of nitrogens with one attached hydrogen (secondary N) is 1. The number of thiophene rings is 1. The van der Waals surface area contributed by atoms with Gasteiger partial charge in [-0.1, -0.05) is 5.16 Å². The van der Waals surface area contributed by atoms with Crippen LogP contribution in [0.1, 0.15) is 54.5 Å². The van der Waals surface area contributed by atoms with E-state index in [1.54, 1.807) is 0 Å². The molecule has 0 saturated carbocycles. The van der Waals surface area contributed by atoms with Crippen molar-refractivity contribution >= 4 is 27.8 Å². The second-order valence-corrected chi connectivity index (χ2v) is 13.9. The molecule has 3 N–H and O–H groups in total. The maximum absolute atomic E-state index is 9.92. The predicted octanol–water partition coefficient (Wildman–Crippen LogP) is 2.92. The number of piperidine rings is 1. The lowest BCUT2D eigenvalue weighted by Gasteiger charge is -2.42. The van der Waals surface area contributed by atoms with Crippen LogP contribution in [0.3, 0.4) is 0 Å². The summed E-state index contributed by atoms with van der Waals surface area (Å²) < 4.78 is 5.99. The number of nitrogens with two attached hydrogens (primary N) is 1. The highest BCUT2D eigenvalue weighted by Crippen LogP contribution is 2.48. The Kier molecular flexibility index (Phi) is 7.75. The zero-order valence-corrected chi connectivity index (χ0v) is 26.1. The summed E-state index contributed by atoms with van der Waals surface area (Å²) in [5.74, 6) is 2.00. The fraction of sp³-hybridized carbons (Fsp3) is 0.613. The van der Waals surface area contributed by atoms with E-state index in [1.165, 1.54) is 37.3 Å². The van der Waals surface area contributed by atoms with Gasteiger partial charge in [-0.3, -0.25) is 4.90 Å². The zero-order valence-electron chi connectivity index (χ0n) is 25.3. The molecule has 3 aromatic heterocycles. The number of anilines is 3. The minimum Gasteiger partial charge on any atom is -0.389 e. The van der Waals surface area contributed by atoms with Crippen LogP contribution in [-0.4, -0.2) is 103 Å². The molecule has 1 aliphatic carbocycles. The first-order valence-corrected chi connectivity index (χ1v) is 16.6. The maximum Gasteiger partial charge on any atom is 0.237 e. The Bertz CT molecular complexity index is 1490. The van der Waals surface area contributed by atoms with Gasteiger partial charge in [0, 0.05) is 80.6 Å². The number of hydrogen-bond acceptors (Lipinski definition) is 12. The molecule has 7 rings (SSSR count). The van der Waals surface area contributed by atoms with Crippen LogP contribution in [0.5, 0.6) is 0 Å². The SMILES string of the molecule is CN1CCC(N2CCN(c3cc(N4CCNCC4)cc(-c4noc(C5(C)CCCc6sc(N)c(C#N)c65)n4)n3)CC2)CC1. The number of nitrogen functional groups attached to an aromatic ring is 1. The van der Waals surface area contributed by atoms with Gasteiger partial charge in [-0.25, -0.2) is 4.98 Å². The topological polar surface area (TPSA) is 127 Å². The van der Waals surface area contributed by atoms with Crippen LogP contribution in [0.25, 0.3) is 11.5 Å². The number of nitrogens with zero attached hydrogens (tertiary/aromatic N) is 8. The second-order valence-electron chi connectivity index (χ2n) is 12.7. The molecule has 43 heavy (non-hydrogen) atoms. The molecular formula is C31H42N10OS. The standard InChI is InChI=1S/C31H42N10OS/c1-31(7-3-4-25-27(31)23(20-32)28(33)43-25)30-36-29(37-42-30)24-18-22(39-12-8-34-9-13-39)19-26(35-24)41-16-14-40(15-17-41)21-5-10-38(2)11-6-21/h18-19,21,34H,3-17,33H2,1-2H3. The third-order valence-corrected chi connectivity index (χ3v) is 11.1. The number of piperazine rings is 2. The van der Waals surface area contributed by atoms with E-state index in [-0.39, 0.29) is 0 Å². The summed E-state index contributed by atoms with van der Waals surface area (Å²) in [6, 6.07) is 7.38.